The molecule has 0 saturated carbocycles. The quantitative estimate of drug-likeness (QED) is 0.699. The van der Waals surface area contributed by atoms with E-state index in [1.165, 1.54) is 30.4 Å². The van der Waals surface area contributed by atoms with Crippen molar-refractivity contribution in [2.24, 2.45) is 0 Å². The normalized spacial score (nSPS) is 23.7. The van der Waals surface area contributed by atoms with Crippen LogP contribution < -0.4 is 5.32 Å². The standard InChI is InChI=1S/C14H20N/c1-11-7-3-4-8-13(11)12(2)14-9-5-6-10-15-14/h3-4,7-8,12,14H,5-6,9-10H2,1-2H3. The second-order valence-electron chi connectivity index (χ2n) is 4.61. The van der Waals surface area contributed by atoms with Crippen LogP contribution in [0.1, 0.15) is 43.2 Å². The first-order valence-electron chi connectivity index (χ1n) is 6.01. The fourth-order valence-corrected chi connectivity index (χ4v) is 2.53. The van der Waals surface area contributed by atoms with Crippen molar-refractivity contribution in [2.45, 2.75) is 45.1 Å². The topological polar surface area (TPSA) is 14.1 Å². The fourth-order valence-electron chi connectivity index (χ4n) is 2.53. The average molecular weight is 202 g/mol. The molecule has 15 heavy (non-hydrogen) atoms. The second kappa shape index (κ2) is 4.80. The lowest BCUT2D eigenvalue weighted by Crippen LogP contribution is -2.32. The lowest BCUT2D eigenvalue weighted by atomic mass is 9.86. The number of aryl methyl sites for hydroxylation is 1. The van der Waals surface area contributed by atoms with E-state index in [1.54, 1.807) is 0 Å². The minimum absolute atomic E-state index is 0.555. The molecule has 2 rings (SSSR count). The Morgan fingerprint density at radius 1 is 1.27 bits per heavy atom. The lowest BCUT2D eigenvalue weighted by molar-refractivity contribution is 0.353. The molecule has 0 aliphatic carbocycles. The average Bonchev–Trinajstić information content (AvgIpc) is 2.30. The molecule has 1 heteroatoms. The first-order valence-corrected chi connectivity index (χ1v) is 6.01. The van der Waals surface area contributed by atoms with Crippen molar-refractivity contribution >= 4 is 0 Å². The summed E-state index contributed by atoms with van der Waals surface area (Å²) >= 11 is 0. The maximum Gasteiger partial charge on any atom is 0.0312 e. The Morgan fingerprint density at radius 2 is 2.07 bits per heavy atom. The smallest absolute Gasteiger partial charge is 0.0312 e. The van der Waals surface area contributed by atoms with E-state index >= 15 is 0 Å². The molecule has 0 bridgehead atoms. The summed E-state index contributed by atoms with van der Waals surface area (Å²) in [7, 11) is 0. The predicted octanol–water partition coefficient (Wildman–Crippen LogP) is 3.26. The number of hydrogen-bond donors (Lipinski definition) is 0. The van der Waals surface area contributed by atoms with E-state index < -0.39 is 0 Å². The van der Waals surface area contributed by atoms with Gasteiger partial charge in [-0.2, -0.15) is 0 Å². The van der Waals surface area contributed by atoms with E-state index in [0.29, 0.717) is 12.0 Å². The van der Waals surface area contributed by atoms with Gasteiger partial charge < -0.3 is 0 Å². The van der Waals surface area contributed by atoms with Crippen LogP contribution in [0, 0.1) is 6.92 Å². The molecule has 0 spiro atoms. The molecule has 0 N–H and O–H groups in total. The Kier molecular flexibility index (Phi) is 3.42. The molecular formula is C14H20N. The van der Waals surface area contributed by atoms with E-state index in [-0.39, 0.29) is 0 Å². The van der Waals surface area contributed by atoms with Crippen LogP contribution in [-0.4, -0.2) is 12.6 Å². The molecule has 0 amide bonds. The minimum Gasteiger partial charge on any atom is -0.238 e. The van der Waals surface area contributed by atoms with Gasteiger partial charge in [0, 0.05) is 12.6 Å². The van der Waals surface area contributed by atoms with Crippen molar-refractivity contribution in [3.8, 4) is 0 Å². The van der Waals surface area contributed by atoms with E-state index in [2.05, 4.69) is 38.1 Å². The highest BCUT2D eigenvalue weighted by Gasteiger charge is 2.22. The maximum absolute atomic E-state index is 4.75. The molecule has 1 radical (unpaired) electrons. The maximum atomic E-state index is 4.75. The summed E-state index contributed by atoms with van der Waals surface area (Å²) in [5.74, 6) is 0.589. The predicted molar refractivity (Wildman–Crippen MR) is 64.2 cm³/mol. The van der Waals surface area contributed by atoms with E-state index in [4.69, 9.17) is 5.32 Å². The minimum atomic E-state index is 0.555. The van der Waals surface area contributed by atoms with Crippen LogP contribution in [0.4, 0.5) is 0 Å². The zero-order valence-corrected chi connectivity index (χ0v) is 9.74. The molecule has 1 aliphatic heterocycles. The summed E-state index contributed by atoms with van der Waals surface area (Å²) in [5.41, 5.74) is 2.89. The zero-order chi connectivity index (χ0) is 10.7. The van der Waals surface area contributed by atoms with Crippen molar-refractivity contribution in [1.82, 2.24) is 5.32 Å². The van der Waals surface area contributed by atoms with Crippen LogP contribution in [0.5, 0.6) is 0 Å². The van der Waals surface area contributed by atoms with Gasteiger partial charge >= 0.3 is 0 Å². The van der Waals surface area contributed by atoms with Crippen LogP contribution in [0.2, 0.25) is 0 Å². The second-order valence-corrected chi connectivity index (χ2v) is 4.61. The number of hydrogen-bond acceptors (Lipinski definition) is 0. The molecule has 1 fully saturated rings. The molecule has 1 heterocycles. The van der Waals surface area contributed by atoms with E-state index in [1.807, 2.05) is 0 Å². The van der Waals surface area contributed by atoms with Gasteiger partial charge in [-0.05, 0) is 36.8 Å². The number of piperidine rings is 1. The molecule has 1 nitrogen and oxygen atoms in total. The summed E-state index contributed by atoms with van der Waals surface area (Å²) in [6, 6.07) is 9.27. The molecule has 1 aliphatic rings. The summed E-state index contributed by atoms with van der Waals surface area (Å²) in [5, 5.41) is 4.75. The van der Waals surface area contributed by atoms with Crippen LogP contribution in [-0.2, 0) is 0 Å². The van der Waals surface area contributed by atoms with Gasteiger partial charge in [-0.25, -0.2) is 5.32 Å². The third kappa shape index (κ3) is 2.40. The Bertz CT molecular complexity index is 313. The Morgan fingerprint density at radius 3 is 2.73 bits per heavy atom. The number of benzene rings is 1. The summed E-state index contributed by atoms with van der Waals surface area (Å²) in [6.07, 6.45) is 3.91. The zero-order valence-electron chi connectivity index (χ0n) is 9.74. The summed E-state index contributed by atoms with van der Waals surface area (Å²) in [4.78, 5) is 0. The largest absolute Gasteiger partial charge is 0.238 e. The number of nitrogens with zero attached hydrogens (tertiary/aromatic N) is 1. The third-order valence-electron chi connectivity index (χ3n) is 3.53. The van der Waals surface area contributed by atoms with Crippen LogP contribution in [0.3, 0.4) is 0 Å². The van der Waals surface area contributed by atoms with Crippen molar-refractivity contribution < 1.29 is 0 Å². The molecule has 81 valence electrons. The highest BCUT2D eigenvalue weighted by molar-refractivity contribution is 5.29. The first kappa shape index (κ1) is 10.7. The van der Waals surface area contributed by atoms with Crippen LogP contribution in [0.15, 0.2) is 24.3 Å². The van der Waals surface area contributed by atoms with Crippen molar-refractivity contribution in [2.75, 3.05) is 6.54 Å². The first-order chi connectivity index (χ1) is 7.29. The van der Waals surface area contributed by atoms with Gasteiger partial charge in [0.15, 0.2) is 0 Å². The van der Waals surface area contributed by atoms with Gasteiger partial charge in [0.2, 0.25) is 0 Å². The Hall–Kier alpha value is -0.820. The van der Waals surface area contributed by atoms with E-state index in [0.717, 1.165) is 6.54 Å². The molecule has 0 aromatic heterocycles. The molecule has 1 aromatic rings. The highest BCUT2D eigenvalue weighted by Crippen LogP contribution is 2.27. The van der Waals surface area contributed by atoms with Gasteiger partial charge in [0.25, 0.3) is 0 Å². The Balaban J connectivity index is 2.12. The van der Waals surface area contributed by atoms with Crippen LogP contribution in [0.25, 0.3) is 0 Å². The Labute approximate surface area is 92.9 Å². The fraction of sp³-hybridized carbons (Fsp3) is 0.571. The van der Waals surface area contributed by atoms with Crippen molar-refractivity contribution in [1.29, 1.82) is 0 Å². The third-order valence-corrected chi connectivity index (χ3v) is 3.53. The van der Waals surface area contributed by atoms with Gasteiger partial charge in [0.05, 0.1) is 0 Å². The van der Waals surface area contributed by atoms with Gasteiger partial charge in [0.1, 0.15) is 0 Å². The number of rotatable bonds is 2. The van der Waals surface area contributed by atoms with E-state index in [9.17, 15) is 0 Å². The molecule has 2 atom stereocenters. The van der Waals surface area contributed by atoms with Crippen LogP contribution >= 0.6 is 0 Å². The summed E-state index contributed by atoms with van der Waals surface area (Å²) < 4.78 is 0. The van der Waals surface area contributed by atoms with Gasteiger partial charge in [-0.15, -0.1) is 0 Å². The monoisotopic (exact) mass is 202 g/mol. The molecule has 1 saturated heterocycles. The summed E-state index contributed by atoms with van der Waals surface area (Å²) in [6.45, 7) is 5.59. The van der Waals surface area contributed by atoms with Crippen molar-refractivity contribution in [3.63, 3.8) is 0 Å². The van der Waals surface area contributed by atoms with Gasteiger partial charge in [-0.3, -0.25) is 0 Å². The molecular weight excluding hydrogens is 182 g/mol. The lowest BCUT2D eigenvalue weighted by Gasteiger charge is -2.28. The van der Waals surface area contributed by atoms with Crippen molar-refractivity contribution in [3.05, 3.63) is 35.4 Å². The van der Waals surface area contributed by atoms with Gasteiger partial charge in [-0.1, -0.05) is 37.6 Å². The highest BCUT2D eigenvalue weighted by atomic mass is 14.9. The SMILES string of the molecule is Cc1ccccc1C(C)C1CCCC[N]1. The molecule has 2 unspecified atom stereocenters. The molecule has 1 aromatic carbocycles.